The maximum absolute atomic E-state index is 11.4. The van der Waals surface area contributed by atoms with Crippen LogP contribution in [-0.2, 0) is 16.0 Å². The van der Waals surface area contributed by atoms with Crippen LogP contribution in [0.15, 0.2) is 45.1 Å². The van der Waals surface area contributed by atoms with Crippen LogP contribution >= 0.6 is 11.3 Å². The maximum Gasteiger partial charge on any atom is 0.312 e. The SMILES string of the molecule is CCOC(=O)Cc1csc(/N=C/c2nc(-c3ccccc3)oc2O)n1. The van der Waals surface area contributed by atoms with E-state index in [0.29, 0.717) is 23.3 Å². The van der Waals surface area contributed by atoms with Crippen LogP contribution in [-0.4, -0.2) is 33.9 Å². The number of hydrogen-bond acceptors (Lipinski definition) is 8. The molecule has 3 rings (SSSR count). The summed E-state index contributed by atoms with van der Waals surface area (Å²) < 4.78 is 10.1. The van der Waals surface area contributed by atoms with Crippen LogP contribution in [0, 0.1) is 0 Å². The Kier molecular flexibility index (Phi) is 5.20. The molecule has 0 aliphatic carbocycles. The summed E-state index contributed by atoms with van der Waals surface area (Å²) in [5, 5.41) is 12.0. The van der Waals surface area contributed by atoms with Gasteiger partial charge in [0.15, 0.2) is 5.69 Å². The van der Waals surface area contributed by atoms with Crippen molar-refractivity contribution < 1.29 is 19.1 Å². The van der Waals surface area contributed by atoms with Crippen molar-refractivity contribution in [1.29, 1.82) is 0 Å². The fourth-order valence-corrected chi connectivity index (χ4v) is 2.69. The Balaban J connectivity index is 1.71. The average molecular weight is 357 g/mol. The lowest BCUT2D eigenvalue weighted by Crippen LogP contribution is -2.07. The molecule has 25 heavy (non-hydrogen) atoms. The second-order valence-electron chi connectivity index (χ2n) is 4.94. The second-order valence-corrected chi connectivity index (χ2v) is 5.77. The molecule has 0 saturated heterocycles. The van der Waals surface area contributed by atoms with Gasteiger partial charge in [0.2, 0.25) is 11.0 Å². The molecule has 0 amide bonds. The second kappa shape index (κ2) is 7.71. The van der Waals surface area contributed by atoms with Crippen LogP contribution in [0.5, 0.6) is 5.95 Å². The number of aromatic hydroxyl groups is 1. The molecule has 0 spiro atoms. The van der Waals surface area contributed by atoms with Crippen molar-refractivity contribution in [2.45, 2.75) is 13.3 Å². The highest BCUT2D eigenvalue weighted by Gasteiger charge is 2.12. The van der Waals surface area contributed by atoms with Gasteiger partial charge in [-0.05, 0) is 19.1 Å². The summed E-state index contributed by atoms with van der Waals surface area (Å²) in [5.41, 5.74) is 1.55. The van der Waals surface area contributed by atoms with Crippen molar-refractivity contribution in [3.05, 3.63) is 47.1 Å². The molecule has 8 heteroatoms. The summed E-state index contributed by atoms with van der Waals surface area (Å²) in [4.78, 5) is 24.0. The molecule has 0 bridgehead atoms. The van der Waals surface area contributed by atoms with Gasteiger partial charge >= 0.3 is 11.9 Å². The Hall–Kier alpha value is -3.00. The minimum atomic E-state index is -0.329. The molecular formula is C17H15N3O4S. The molecule has 0 aliphatic heterocycles. The number of rotatable bonds is 6. The summed E-state index contributed by atoms with van der Waals surface area (Å²) in [5.74, 6) is -0.336. The molecule has 0 radical (unpaired) electrons. The van der Waals surface area contributed by atoms with Crippen LogP contribution in [0.25, 0.3) is 11.5 Å². The molecule has 0 saturated carbocycles. The van der Waals surface area contributed by atoms with Gasteiger partial charge in [0.25, 0.3) is 0 Å². The molecular weight excluding hydrogens is 342 g/mol. The number of aromatic nitrogens is 2. The van der Waals surface area contributed by atoms with E-state index in [1.54, 1.807) is 12.3 Å². The third kappa shape index (κ3) is 4.30. The zero-order valence-corrected chi connectivity index (χ0v) is 14.2. The number of esters is 1. The van der Waals surface area contributed by atoms with E-state index in [0.717, 1.165) is 5.56 Å². The zero-order chi connectivity index (χ0) is 17.6. The molecule has 0 atom stereocenters. The van der Waals surface area contributed by atoms with E-state index in [-0.39, 0.29) is 24.0 Å². The number of carbonyl (C=O) groups excluding carboxylic acids is 1. The third-order valence-corrected chi connectivity index (χ3v) is 3.92. The van der Waals surface area contributed by atoms with E-state index in [2.05, 4.69) is 15.0 Å². The van der Waals surface area contributed by atoms with Crippen molar-refractivity contribution in [3.8, 4) is 17.4 Å². The average Bonchev–Trinajstić information content (AvgIpc) is 3.20. The van der Waals surface area contributed by atoms with E-state index in [4.69, 9.17) is 9.15 Å². The number of thiazole rings is 1. The maximum atomic E-state index is 11.4. The number of hydrogen-bond donors (Lipinski definition) is 1. The van der Waals surface area contributed by atoms with E-state index in [1.165, 1.54) is 17.6 Å². The Morgan fingerprint density at radius 1 is 1.36 bits per heavy atom. The van der Waals surface area contributed by atoms with E-state index >= 15 is 0 Å². The van der Waals surface area contributed by atoms with Gasteiger partial charge in [-0.1, -0.05) is 18.2 Å². The van der Waals surface area contributed by atoms with E-state index in [1.807, 2.05) is 30.3 Å². The molecule has 2 aromatic heterocycles. The third-order valence-electron chi connectivity index (χ3n) is 3.12. The first kappa shape index (κ1) is 16.8. The van der Waals surface area contributed by atoms with Crippen LogP contribution in [0.4, 0.5) is 5.13 Å². The fourth-order valence-electron chi connectivity index (χ4n) is 2.03. The lowest BCUT2D eigenvalue weighted by molar-refractivity contribution is -0.142. The Bertz CT molecular complexity index is 886. The van der Waals surface area contributed by atoms with Crippen molar-refractivity contribution in [3.63, 3.8) is 0 Å². The lowest BCUT2D eigenvalue weighted by atomic mass is 10.2. The normalized spacial score (nSPS) is 11.1. The van der Waals surface area contributed by atoms with Crippen LogP contribution in [0.2, 0.25) is 0 Å². The topological polar surface area (TPSA) is 97.8 Å². The highest BCUT2D eigenvalue weighted by Crippen LogP contribution is 2.26. The van der Waals surface area contributed by atoms with Crippen LogP contribution < -0.4 is 0 Å². The van der Waals surface area contributed by atoms with E-state index < -0.39 is 0 Å². The van der Waals surface area contributed by atoms with Gasteiger partial charge in [-0.15, -0.1) is 11.3 Å². The van der Waals surface area contributed by atoms with Crippen LogP contribution in [0.1, 0.15) is 18.3 Å². The van der Waals surface area contributed by atoms with Crippen molar-refractivity contribution in [2.75, 3.05) is 6.61 Å². The van der Waals surface area contributed by atoms with Crippen molar-refractivity contribution >= 4 is 28.7 Å². The number of benzene rings is 1. The Morgan fingerprint density at radius 2 is 2.16 bits per heavy atom. The van der Waals surface area contributed by atoms with Gasteiger partial charge in [0.1, 0.15) is 0 Å². The number of nitrogens with zero attached hydrogens (tertiary/aromatic N) is 3. The highest BCUT2D eigenvalue weighted by molar-refractivity contribution is 7.13. The first-order valence-electron chi connectivity index (χ1n) is 7.55. The molecule has 2 heterocycles. The predicted molar refractivity (Wildman–Crippen MR) is 93.3 cm³/mol. The molecule has 7 nitrogen and oxygen atoms in total. The number of carbonyl (C=O) groups is 1. The summed E-state index contributed by atoms with van der Waals surface area (Å²) in [6.45, 7) is 2.09. The van der Waals surface area contributed by atoms with Crippen molar-refractivity contribution in [1.82, 2.24) is 9.97 Å². The summed E-state index contributed by atoms with van der Waals surface area (Å²) in [7, 11) is 0. The number of oxazole rings is 1. The summed E-state index contributed by atoms with van der Waals surface area (Å²) in [6.07, 6.45) is 1.48. The zero-order valence-electron chi connectivity index (χ0n) is 13.4. The minimum absolute atomic E-state index is 0.104. The quantitative estimate of drug-likeness (QED) is 0.536. The molecule has 1 N–H and O–H groups in total. The minimum Gasteiger partial charge on any atom is -0.479 e. The molecule has 0 aliphatic rings. The highest BCUT2D eigenvalue weighted by atomic mass is 32.1. The van der Waals surface area contributed by atoms with Gasteiger partial charge in [-0.25, -0.2) is 15.0 Å². The summed E-state index contributed by atoms with van der Waals surface area (Å²) >= 11 is 1.28. The first-order chi connectivity index (χ1) is 12.2. The smallest absolute Gasteiger partial charge is 0.312 e. The van der Waals surface area contributed by atoms with Gasteiger partial charge in [0, 0.05) is 10.9 Å². The molecule has 1 aromatic carbocycles. The first-order valence-corrected chi connectivity index (χ1v) is 8.43. The van der Waals surface area contributed by atoms with Gasteiger partial charge in [-0.2, -0.15) is 0 Å². The summed E-state index contributed by atoms with van der Waals surface area (Å²) in [6, 6.07) is 9.24. The monoisotopic (exact) mass is 357 g/mol. The van der Waals surface area contributed by atoms with E-state index in [9.17, 15) is 9.90 Å². The predicted octanol–water partition coefficient (Wildman–Crippen LogP) is 3.36. The molecule has 0 fully saturated rings. The molecule has 3 aromatic rings. The number of aliphatic imine (C=N–C) groups is 1. The van der Waals surface area contributed by atoms with Crippen LogP contribution in [0.3, 0.4) is 0 Å². The van der Waals surface area contributed by atoms with Gasteiger partial charge < -0.3 is 14.3 Å². The number of ether oxygens (including phenoxy) is 1. The molecule has 0 unspecified atom stereocenters. The van der Waals surface area contributed by atoms with Gasteiger partial charge in [0.05, 0.1) is 24.9 Å². The van der Waals surface area contributed by atoms with Crippen molar-refractivity contribution in [2.24, 2.45) is 4.99 Å². The Labute approximate surface area is 147 Å². The standard InChI is InChI=1S/C17H15N3O4S/c1-2-23-14(21)8-12-10-25-17(19-12)18-9-13-16(22)24-15(20-13)11-6-4-3-5-7-11/h3-7,9-10,22H,2,8H2,1H3/b18-9+. The van der Waals surface area contributed by atoms with Gasteiger partial charge in [-0.3, -0.25) is 4.79 Å². The lowest BCUT2D eigenvalue weighted by Gasteiger charge is -1.97. The Morgan fingerprint density at radius 3 is 2.92 bits per heavy atom. The molecule has 128 valence electrons. The largest absolute Gasteiger partial charge is 0.479 e. The fraction of sp³-hybridized carbons (Fsp3) is 0.176.